The average molecular weight is 510 g/mol. The molecule has 0 saturated heterocycles. The summed E-state index contributed by atoms with van der Waals surface area (Å²) in [5.41, 5.74) is 11.0. The molecule has 0 spiro atoms. The molecular formula is C30H28FN5O2. The maximum Gasteiger partial charge on any atom is 0.254 e. The molecule has 38 heavy (non-hydrogen) atoms. The lowest BCUT2D eigenvalue weighted by molar-refractivity contribution is -0.119. The minimum Gasteiger partial charge on any atom is -0.369 e. The number of fused-ring (bicyclic) bond motifs is 2. The third-order valence-corrected chi connectivity index (χ3v) is 8.38. The molecule has 3 aliphatic rings. The van der Waals surface area contributed by atoms with Crippen LogP contribution >= 0.6 is 0 Å². The highest BCUT2D eigenvalue weighted by molar-refractivity contribution is 5.96. The first-order chi connectivity index (χ1) is 18.4. The van der Waals surface area contributed by atoms with Gasteiger partial charge in [0.2, 0.25) is 5.91 Å². The summed E-state index contributed by atoms with van der Waals surface area (Å²) in [4.78, 5) is 31.8. The molecule has 2 aliphatic carbocycles. The molecular weight excluding hydrogens is 481 g/mol. The van der Waals surface area contributed by atoms with Crippen molar-refractivity contribution in [2.24, 2.45) is 11.7 Å². The fourth-order valence-corrected chi connectivity index (χ4v) is 5.95. The molecule has 2 saturated carbocycles. The highest BCUT2D eigenvalue weighted by Crippen LogP contribution is 2.47. The Morgan fingerprint density at radius 2 is 1.89 bits per heavy atom. The van der Waals surface area contributed by atoms with Crippen LogP contribution < -0.4 is 5.73 Å². The number of nitrogens with two attached hydrogens (primary N) is 1. The third kappa shape index (κ3) is 3.78. The molecule has 2 aromatic carbocycles. The number of hydrogen-bond donors (Lipinski definition) is 1. The average Bonchev–Trinajstić information content (AvgIpc) is 3.84. The van der Waals surface area contributed by atoms with Crippen molar-refractivity contribution in [2.45, 2.75) is 50.5 Å². The summed E-state index contributed by atoms with van der Waals surface area (Å²) in [6, 6.07) is 16.9. The van der Waals surface area contributed by atoms with Crippen LogP contribution in [0.1, 0.15) is 76.8 Å². The maximum absolute atomic E-state index is 15.2. The van der Waals surface area contributed by atoms with Crippen LogP contribution in [0.15, 0.2) is 54.6 Å². The second kappa shape index (κ2) is 8.48. The highest BCUT2D eigenvalue weighted by atomic mass is 19.1. The summed E-state index contributed by atoms with van der Waals surface area (Å²) in [5.74, 6) is -0.452. The van der Waals surface area contributed by atoms with Crippen molar-refractivity contribution in [2.75, 3.05) is 6.54 Å². The number of carbonyl (C=O) groups excluding carboxylic acids is 2. The van der Waals surface area contributed by atoms with E-state index in [1.54, 1.807) is 16.6 Å². The first kappa shape index (κ1) is 23.1. The number of nitrogens with zero attached hydrogens (tertiary/aromatic N) is 4. The van der Waals surface area contributed by atoms with Gasteiger partial charge in [-0.25, -0.2) is 13.9 Å². The largest absolute Gasteiger partial charge is 0.369 e. The number of benzene rings is 2. The van der Waals surface area contributed by atoms with Crippen molar-refractivity contribution >= 4 is 17.5 Å². The molecule has 4 aromatic rings. The van der Waals surface area contributed by atoms with Crippen molar-refractivity contribution in [1.82, 2.24) is 19.5 Å². The van der Waals surface area contributed by atoms with Crippen LogP contribution in [0.2, 0.25) is 0 Å². The first-order valence-corrected chi connectivity index (χ1v) is 13.3. The van der Waals surface area contributed by atoms with Crippen molar-refractivity contribution in [3.63, 3.8) is 0 Å². The molecule has 1 aliphatic heterocycles. The lowest BCUT2D eigenvalue weighted by atomic mass is 9.93. The number of amides is 2. The van der Waals surface area contributed by atoms with Gasteiger partial charge in [-0.15, -0.1) is 5.10 Å². The number of rotatable bonds is 5. The van der Waals surface area contributed by atoms with E-state index >= 15 is 4.39 Å². The standard InChI is InChI=1S/C30H28FN5O2/c1-16-21-5-3-2-4-17(21)10-11-35(16)30(38)20-13-26(18-6-7-18)36-27(14-20)33-29(34-36)22-9-8-19(12-25(22)31)23-15-24(23)28(32)37/h2-5,8-9,12-14,16,18,23-24H,6-7,10-11,15H2,1H3,(H2,32,37)/t16-,23?,24?/m1/s1. The van der Waals surface area contributed by atoms with Gasteiger partial charge in [0.1, 0.15) is 5.82 Å². The van der Waals surface area contributed by atoms with Gasteiger partial charge >= 0.3 is 0 Å². The van der Waals surface area contributed by atoms with E-state index in [-0.39, 0.29) is 35.5 Å². The van der Waals surface area contributed by atoms with Gasteiger partial charge in [-0.3, -0.25) is 9.59 Å². The van der Waals surface area contributed by atoms with Gasteiger partial charge in [0.25, 0.3) is 5.91 Å². The van der Waals surface area contributed by atoms with E-state index in [0.29, 0.717) is 35.7 Å². The lowest BCUT2D eigenvalue weighted by Gasteiger charge is -2.35. The summed E-state index contributed by atoms with van der Waals surface area (Å²) >= 11 is 0. The summed E-state index contributed by atoms with van der Waals surface area (Å²) in [6.07, 6.45) is 3.54. The van der Waals surface area contributed by atoms with Crippen LogP contribution in [-0.4, -0.2) is 37.9 Å². The summed E-state index contributed by atoms with van der Waals surface area (Å²) in [6.45, 7) is 2.74. The predicted molar refractivity (Wildman–Crippen MR) is 140 cm³/mol. The van der Waals surface area contributed by atoms with Crippen LogP contribution in [0, 0.1) is 11.7 Å². The zero-order valence-electron chi connectivity index (χ0n) is 21.1. The highest BCUT2D eigenvalue weighted by Gasteiger charge is 2.43. The molecule has 2 fully saturated rings. The Kier molecular flexibility index (Phi) is 5.15. The maximum atomic E-state index is 15.2. The second-order valence-corrected chi connectivity index (χ2v) is 10.9. The number of pyridine rings is 1. The Morgan fingerprint density at radius 1 is 1.08 bits per heavy atom. The Balaban J connectivity index is 1.23. The van der Waals surface area contributed by atoms with Gasteiger partial charge in [-0.2, -0.15) is 0 Å². The molecule has 2 amide bonds. The Labute approximate surface area is 219 Å². The molecule has 3 heterocycles. The number of carbonyl (C=O) groups is 2. The minimum atomic E-state index is -0.432. The van der Waals surface area contributed by atoms with E-state index in [4.69, 9.17) is 5.73 Å². The zero-order chi connectivity index (χ0) is 26.1. The van der Waals surface area contributed by atoms with E-state index < -0.39 is 5.82 Å². The zero-order valence-corrected chi connectivity index (χ0v) is 21.1. The van der Waals surface area contributed by atoms with E-state index in [1.807, 2.05) is 29.2 Å². The Hall–Kier alpha value is -4.07. The van der Waals surface area contributed by atoms with E-state index in [9.17, 15) is 9.59 Å². The topological polar surface area (TPSA) is 93.6 Å². The van der Waals surface area contributed by atoms with E-state index in [2.05, 4.69) is 29.1 Å². The van der Waals surface area contributed by atoms with Crippen LogP contribution in [0.5, 0.6) is 0 Å². The van der Waals surface area contributed by atoms with Crippen molar-refractivity contribution in [3.05, 3.63) is 88.4 Å². The van der Waals surface area contributed by atoms with Gasteiger partial charge in [0.15, 0.2) is 11.5 Å². The lowest BCUT2D eigenvalue weighted by Crippen LogP contribution is -2.38. The van der Waals surface area contributed by atoms with Gasteiger partial charge in [-0.1, -0.05) is 30.3 Å². The molecule has 0 radical (unpaired) electrons. The van der Waals surface area contributed by atoms with E-state index in [1.165, 1.54) is 17.2 Å². The normalized spacial score (nSPS) is 22.4. The molecule has 7 rings (SSSR count). The van der Waals surface area contributed by atoms with Gasteiger partial charge in [0, 0.05) is 29.6 Å². The monoisotopic (exact) mass is 509 g/mol. The molecule has 192 valence electrons. The van der Waals surface area contributed by atoms with Crippen LogP contribution in [0.4, 0.5) is 4.39 Å². The number of halogens is 1. The Morgan fingerprint density at radius 3 is 2.63 bits per heavy atom. The summed E-state index contributed by atoms with van der Waals surface area (Å²) < 4.78 is 17.0. The quantitative estimate of drug-likeness (QED) is 0.420. The van der Waals surface area contributed by atoms with Crippen molar-refractivity contribution in [3.8, 4) is 11.4 Å². The molecule has 0 bridgehead atoms. The Bertz CT molecular complexity index is 1620. The second-order valence-electron chi connectivity index (χ2n) is 10.9. The first-order valence-electron chi connectivity index (χ1n) is 13.3. The molecule has 2 aromatic heterocycles. The summed E-state index contributed by atoms with van der Waals surface area (Å²) in [7, 11) is 0. The molecule has 2 unspecified atom stereocenters. The van der Waals surface area contributed by atoms with Crippen molar-refractivity contribution < 1.29 is 14.0 Å². The van der Waals surface area contributed by atoms with Crippen LogP contribution in [0.3, 0.4) is 0 Å². The summed E-state index contributed by atoms with van der Waals surface area (Å²) in [5, 5.41) is 4.66. The molecule has 7 nitrogen and oxygen atoms in total. The molecule has 8 heteroatoms. The van der Waals surface area contributed by atoms with Gasteiger partial charge in [-0.05, 0) is 79.5 Å². The van der Waals surface area contributed by atoms with E-state index in [0.717, 1.165) is 30.5 Å². The van der Waals surface area contributed by atoms with Crippen molar-refractivity contribution in [1.29, 1.82) is 0 Å². The fraction of sp³-hybridized carbons (Fsp3) is 0.333. The predicted octanol–water partition coefficient (Wildman–Crippen LogP) is 4.76. The van der Waals surface area contributed by atoms with Gasteiger partial charge < -0.3 is 10.6 Å². The smallest absolute Gasteiger partial charge is 0.254 e. The fourth-order valence-electron chi connectivity index (χ4n) is 5.95. The number of hydrogen-bond acceptors (Lipinski definition) is 4. The number of primary amides is 1. The number of aromatic nitrogens is 3. The van der Waals surface area contributed by atoms with Crippen LogP contribution in [-0.2, 0) is 11.2 Å². The SMILES string of the molecule is C[C@@H]1c2ccccc2CCN1C(=O)c1cc(C2CC2)n2nc(-c3ccc(C4CC4C(N)=O)cc3F)nc2c1. The molecule has 2 N–H and O–H groups in total. The van der Waals surface area contributed by atoms with Gasteiger partial charge in [0.05, 0.1) is 11.6 Å². The minimum absolute atomic E-state index is 0.0188. The molecule has 3 atom stereocenters. The third-order valence-electron chi connectivity index (χ3n) is 8.38. The van der Waals surface area contributed by atoms with Crippen LogP contribution in [0.25, 0.3) is 17.0 Å².